The first kappa shape index (κ1) is 14.0. The first-order chi connectivity index (χ1) is 10.1. The van der Waals surface area contributed by atoms with E-state index in [9.17, 15) is 5.11 Å². The molecule has 0 bridgehead atoms. The zero-order valence-corrected chi connectivity index (χ0v) is 12.8. The highest BCUT2D eigenvalue weighted by atomic mass is 32.1. The van der Waals surface area contributed by atoms with Gasteiger partial charge in [0.2, 0.25) is 0 Å². The fourth-order valence-corrected chi connectivity index (χ4v) is 3.20. The minimum atomic E-state index is -0.481. The first-order valence-corrected chi connectivity index (χ1v) is 7.73. The van der Waals surface area contributed by atoms with Crippen LogP contribution in [0.15, 0.2) is 35.8 Å². The van der Waals surface area contributed by atoms with E-state index in [1.165, 1.54) is 0 Å². The van der Waals surface area contributed by atoms with Crippen LogP contribution in [-0.2, 0) is 6.54 Å². The van der Waals surface area contributed by atoms with E-state index in [4.69, 9.17) is 0 Å². The van der Waals surface area contributed by atoms with Gasteiger partial charge in [-0.05, 0) is 37.4 Å². The lowest BCUT2D eigenvalue weighted by atomic mass is 10.1. The molecule has 1 atom stereocenters. The number of aliphatic hydroxyl groups is 1. The smallest absolute Gasteiger partial charge is 0.0830 e. The van der Waals surface area contributed by atoms with Crippen LogP contribution in [0.1, 0.15) is 30.0 Å². The predicted octanol–water partition coefficient (Wildman–Crippen LogP) is 3.67. The van der Waals surface area contributed by atoms with Gasteiger partial charge in [-0.25, -0.2) is 0 Å². The summed E-state index contributed by atoms with van der Waals surface area (Å²) in [6.07, 6.45) is 1.33. The molecule has 3 rings (SSSR count). The summed E-state index contributed by atoms with van der Waals surface area (Å²) in [5.74, 6) is 0. The standard InChI is InChI=1S/C16H17N3OS/c1-10-13(11(2)20)4-3-12(19-10)9-18-14-5-7-17-15-6-8-21-16(14)15/h3-8,11,20H,9H2,1-2H3,(H,17,18)/t11-/m1/s1. The number of hydrogen-bond acceptors (Lipinski definition) is 5. The minimum absolute atomic E-state index is 0.481. The van der Waals surface area contributed by atoms with Gasteiger partial charge in [0.15, 0.2) is 0 Å². The van der Waals surface area contributed by atoms with E-state index in [2.05, 4.69) is 15.3 Å². The molecule has 0 aliphatic heterocycles. The summed E-state index contributed by atoms with van der Waals surface area (Å²) in [5, 5.41) is 15.1. The van der Waals surface area contributed by atoms with Crippen LogP contribution < -0.4 is 5.32 Å². The summed E-state index contributed by atoms with van der Waals surface area (Å²) >= 11 is 1.68. The fraction of sp³-hybridized carbons (Fsp3) is 0.250. The molecule has 0 aliphatic carbocycles. The zero-order valence-electron chi connectivity index (χ0n) is 12.0. The molecule has 0 saturated carbocycles. The van der Waals surface area contributed by atoms with E-state index in [0.717, 1.165) is 32.9 Å². The average Bonchev–Trinajstić information content (AvgIpc) is 2.93. The maximum atomic E-state index is 9.64. The summed E-state index contributed by atoms with van der Waals surface area (Å²) in [7, 11) is 0. The zero-order chi connectivity index (χ0) is 14.8. The van der Waals surface area contributed by atoms with Crippen molar-refractivity contribution in [3.05, 3.63) is 52.8 Å². The molecule has 3 aromatic rings. The van der Waals surface area contributed by atoms with Crippen molar-refractivity contribution in [2.45, 2.75) is 26.5 Å². The van der Waals surface area contributed by atoms with Crippen LogP contribution in [-0.4, -0.2) is 15.1 Å². The third kappa shape index (κ3) is 2.89. The van der Waals surface area contributed by atoms with Crippen molar-refractivity contribution in [1.29, 1.82) is 0 Å². The number of aliphatic hydroxyl groups excluding tert-OH is 1. The molecule has 0 spiro atoms. The van der Waals surface area contributed by atoms with Crippen molar-refractivity contribution in [2.75, 3.05) is 5.32 Å². The summed E-state index contributed by atoms with van der Waals surface area (Å²) < 4.78 is 1.16. The van der Waals surface area contributed by atoms with Crippen molar-refractivity contribution in [3.63, 3.8) is 0 Å². The number of fused-ring (bicyclic) bond motifs is 1. The van der Waals surface area contributed by atoms with Gasteiger partial charge < -0.3 is 10.4 Å². The van der Waals surface area contributed by atoms with Gasteiger partial charge in [0.05, 0.1) is 34.2 Å². The Balaban J connectivity index is 1.79. The maximum Gasteiger partial charge on any atom is 0.0830 e. The lowest BCUT2D eigenvalue weighted by molar-refractivity contribution is 0.198. The van der Waals surface area contributed by atoms with Gasteiger partial charge in [0.1, 0.15) is 0 Å². The van der Waals surface area contributed by atoms with Gasteiger partial charge in [-0.3, -0.25) is 9.97 Å². The second-order valence-corrected chi connectivity index (χ2v) is 5.92. The van der Waals surface area contributed by atoms with Crippen LogP contribution in [0.2, 0.25) is 0 Å². The molecule has 3 aromatic heterocycles. The van der Waals surface area contributed by atoms with E-state index in [0.29, 0.717) is 6.54 Å². The Morgan fingerprint density at radius 3 is 2.90 bits per heavy atom. The van der Waals surface area contributed by atoms with E-state index in [1.807, 2.05) is 42.8 Å². The number of thiophene rings is 1. The maximum absolute atomic E-state index is 9.64. The first-order valence-electron chi connectivity index (χ1n) is 6.85. The lowest BCUT2D eigenvalue weighted by Crippen LogP contribution is -2.05. The lowest BCUT2D eigenvalue weighted by Gasteiger charge is -2.11. The number of aromatic nitrogens is 2. The van der Waals surface area contributed by atoms with Gasteiger partial charge in [0.25, 0.3) is 0 Å². The Morgan fingerprint density at radius 2 is 2.14 bits per heavy atom. The Morgan fingerprint density at radius 1 is 1.29 bits per heavy atom. The topological polar surface area (TPSA) is 58.0 Å². The van der Waals surface area contributed by atoms with E-state index in [-0.39, 0.29) is 0 Å². The molecule has 0 aliphatic rings. The summed E-state index contributed by atoms with van der Waals surface area (Å²) in [5.41, 5.74) is 4.80. The van der Waals surface area contributed by atoms with Crippen LogP contribution in [0.4, 0.5) is 5.69 Å². The largest absolute Gasteiger partial charge is 0.389 e. The van der Waals surface area contributed by atoms with Gasteiger partial charge in [-0.2, -0.15) is 0 Å². The Hall–Kier alpha value is -1.98. The average molecular weight is 299 g/mol. The van der Waals surface area contributed by atoms with Crippen LogP contribution in [0.5, 0.6) is 0 Å². The molecule has 0 radical (unpaired) electrons. The van der Waals surface area contributed by atoms with Crippen molar-refractivity contribution in [1.82, 2.24) is 9.97 Å². The normalized spacial score (nSPS) is 12.5. The second-order valence-electron chi connectivity index (χ2n) is 5.00. The highest BCUT2D eigenvalue weighted by Gasteiger charge is 2.08. The molecule has 2 N–H and O–H groups in total. The van der Waals surface area contributed by atoms with Gasteiger partial charge in [-0.1, -0.05) is 6.07 Å². The molecule has 0 unspecified atom stereocenters. The fourth-order valence-electron chi connectivity index (χ4n) is 2.36. The third-order valence-corrected chi connectivity index (χ3v) is 4.38. The monoisotopic (exact) mass is 299 g/mol. The molecule has 0 fully saturated rings. The highest BCUT2D eigenvalue weighted by Crippen LogP contribution is 2.27. The number of nitrogens with one attached hydrogen (secondary N) is 1. The van der Waals surface area contributed by atoms with Crippen molar-refractivity contribution < 1.29 is 5.11 Å². The Bertz CT molecular complexity index is 767. The van der Waals surface area contributed by atoms with Crippen molar-refractivity contribution in [3.8, 4) is 0 Å². The van der Waals surface area contributed by atoms with Gasteiger partial charge >= 0.3 is 0 Å². The summed E-state index contributed by atoms with van der Waals surface area (Å²) in [6, 6.07) is 7.90. The summed E-state index contributed by atoms with van der Waals surface area (Å²) in [4.78, 5) is 8.87. The SMILES string of the molecule is Cc1nc(CNc2ccnc3ccsc23)ccc1[C@@H](C)O. The predicted molar refractivity (Wildman–Crippen MR) is 86.6 cm³/mol. The molecule has 0 amide bonds. The number of hydrogen-bond donors (Lipinski definition) is 2. The molecular formula is C16H17N3OS. The van der Waals surface area contributed by atoms with Gasteiger partial charge in [-0.15, -0.1) is 11.3 Å². The molecule has 0 aromatic carbocycles. The van der Waals surface area contributed by atoms with Crippen LogP contribution >= 0.6 is 11.3 Å². The third-order valence-electron chi connectivity index (χ3n) is 3.44. The minimum Gasteiger partial charge on any atom is -0.389 e. The highest BCUT2D eigenvalue weighted by molar-refractivity contribution is 7.17. The number of pyridine rings is 2. The van der Waals surface area contributed by atoms with Crippen LogP contribution in [0, 0.1) is 6.92 Å². The van der Waals surface area contributed by atoms with Crippen LogP contribution in [0.3, 0.4) is 0 Å². The number of rotatable bonds is 4. The van der Waals surface area contributed by atoms with Crippen molar-refractivity contribution >= 4 is 27.2 Å². The Labute approximate surface area is 127 Å². The van der Waals surface area contributed by atoms with E-state index in [1.54, 1.807) is 18.3 Å². The number of aryl methyl sites for hydroxylation is 1. The second kappa shape index (κ2) is 5.79. The van der Waals surface area contributed by atoms with E-state index < -0.39 is 6.10 Å². The molecule has 3 heterocycles. The molecule has 108 valence electrons. The van der Waals surface area contributed by atoms with Crippen LogP contribution in [0.25, 0.3) is 10.2 Å². The molecule has 5 heteroatoms. The molecule has 4 nitrogen and oxygen atoms in total. The number of anilines is 1. The molecule has 21 heavy (non-hydrogen) atoms. The number of nitrogens with zero attached hydrogens (tertiary/aromatic N) is 2. The quantitative estimate of drug-likeness (QED) is 0.772. The summed E-state index contributed by atoms with van der Waals surface area (Å²) in [6.45, 7) is 4.33. The molecular weight excluding hydrogens is 282 g/mol. The Kier molecular flexibility index (Phi) is 3.86. The van der Waals surface area contributed by atoms with Crippen molar-refractivity contribution in [2.24, 2.45) is 0 Å². The van der Waals surface area contributed by atoms with E-state index >= 15 is 0 Å². The van der Waals surface area contributed by atoms with Gasteiger partial charge in [0, 0.05) is 17.5 Å². The molecule has 0 saturated heterocycles.